The maximum absolute atomic E-state index is 12.5. The molecule has 1 amide bonds. The van der Waals surface area contributed by atoms with E-state index in [-0.39, 0.29) is 27.7 Å². The standard InChI is InChI=1S/C21H15ClN4O4S/c1-2-29-17-10-12(9-14-18(23)26-21(25-19(14)27)31-11-24-26)7-8-16(17)30-20(28)13-5-3-4-6-15(13)22/h3-11,23H,2H2,1H3/b14-9-,23-18?. The smallest absolute Gasteiger partial charge is 0.345 e. The summed E-state index contributed by atoms with van der Waals surface area (Å²) in [5, 5.41) is 14.2. The van der Waals surface area contributed by atoms with Gasteiger partial charge in [-0.2, -0.15) is 15.1 Å². The number of hydrogen-bond donors (Lipinski definition) is 1. The van der Waals surface area contributed by atoms with Crippen LogP contribution in [0.2, 0.25) is 5.02 Å². The van der Waals surface area contributed by atoms with Gasteiger partial charge in [0.15, 0.2) is 22.5 Å². The second-order valence-corrected chi connectivity index (χ2v) is 7.48. The van der Waals surface area contributed by atoms with E-state index in [1.54, 1.807) is 49.4 Å². The van der Waals surface area contributed by atoms with Crippen molar-refractivity contribution in [2.75, 3.05) is 6.61 Å². The highest BCUT2D eigenvalue weighted by atomic mass is 35.5. The van der Waals surface area contributed by atoms with Gasteiger partial charge in [0.1, 0.15) is 0 Å². The number of nitrogens with zero attached hydrogens (tertiary/aromatic N) is 3. The Bertz CT molecular complexity index is 1190. The molecule has 2 aromatic rings. The molecule has 8 nitrogen and oxygen atoms in total. The van der Waals surface area contributed by atoms with E-state index in [1.807, 2.05) is 0 Å². The Kier molecular flexibility index (Phi) is 5.88. The molecule has 31 heavy (non-hydrogen) atoms. The molecule has 1 N–H and O–H groups in total. The van der Waals surface area contributed by atoms with Crippen molar-refractivity contribution in [2.45, 2.75) is 6.92 Å². The molecule has 0 radical (unpaired) electrons. The van der Waals surface area contributed by atoms with Crippen LogP contribution >= 0.6 is 23.4 Å². The Morgan fingerprint density at radius 1 is 1.26 bits per heavy atom. The summed E-state index contributed by atoms with van der Waals surface area (Å²) < 4.78 is 11.1. The summed E-state index contributed by atoms with van der Waals surface area (Å²) in [6.45, 7) is 2.13. The summed E-state index contributed by atoms with van der Waals surface area (Å²) in [5.41, 5.74) is 2.41. The van der Waals surface area contributed by atoms with Gasteiger partial charge >= 0.3 is 5.97 Å². The number of carbonyl (C=O) groups excluding carboxylic acids is 2. The first kappa shape index (κ1) is 20.8. The SMILES string of the molecule is CCOc1cc(/C=C2/C(=N)N3N=CSC3=NC2=O)ccc1OC(=O)c1ccccc1Cl. The van der Waals surface area contributed by atoms with Crippen molar-refractivity contribution in [1.82, 2.24) is 5.01 Å². The zero-order valence-electron chi connectivity index (χ0n) is 16.2. The fourth-order valence-corrected chi connectivity index (χ4v) is 3.67. The molecule has 156 valence electrons. The second kappa shape index (κ2) is 8.75. The van der Waals surface area contributed by atoms with E-state index in [0.29, 0.717) is 23.1 Å². The largest absolute Gasteiger partial charge is 0.490 e. The van der Waals surface area contributed by atoms with Crippen LogP contribution in [0.15, 0.2) is 58.1 Å². The topological polar surface area (TPSA) is 104 Å². The Morgan fingerprint density at radius 3 is 2.84 bits per heavy atom. The van der Waals surface area contributed by atoms with Gasteiger partial charge in [0, 0.05) is 0 Å². The van der Waals surface area contributed by atoms with Gasteiger partial charge < -0.3 is 9.47 Å². The molecule has 0 saturated carbocycles. The van der Waals surface area contributed by atoms with Gasteiger partial charge in [-0.1, -0.05) is 29.8 Å². The first-order chi connectivity index (χ1) is 15.0. The quantitative estimate of drug-likeness (QED) is 0.412. The summed E-state index contributed by atoms with van der Waals surface area (Å²) in [5.74, 6) is -0.691. The predicted octanol–water partition coefficient (Wildman–Crippen LogP) is 4.21. The second-order valence-electron chi connectivity index (χ2n) is 6.27. The van der Waals surface area contributed by atoms with Crippen molar-refractivity contribution in [3.05, 3.63) is 64.2 Å². The zero-order chi connectivity index (χ0) is 22.0. The van der Waals surface area contributed by atoms with E-state index in [9.17, 15) is 9.59 Å². The third kappa shape index (κ3) is 4.23. The molecule has 10 heteroatoms. The van der Waals surface area contributed by atoms with Gasteiger partial charge in [-0.05, 0) is 54.6 Å². The molecule has 0 unspecified atom stereocenters. The van der Waals surface area contributed by atoms with Crippen molar-refractivity contribution in [3.63, 3.8) is 0 Å². The number of hydrogen-bond acceptors (Lipinski definition) is 7. The molecule has 0 bridgehead atoms. The molecule has 0 atom stereocenters. The van der Waals surface area contributed by atoms with E-state index in [0.717, 1.165) is 0 Å². The lowest BCUT2D eigenvalue weighted by atomic mass is 10.1. The predicted molar refractivity (Wildman–Crippen MR) is 120 cm³/mol. The van der Waals surface area contributed by atoms with Crippen molar-refractivity contribution >= 4 is 57.9 Å². The van der Waals surface area contributed by atoms with Crippen molar-refractivity contribution in [2.24, 2.45) is 10.1 Å². The number of rotatable bonds is 5. The molecule has 4 rings (SSSR count). The number of amidine groups is 2. The highest BCUT2D eigenvalue weighted by Gasteiger charge is 2.32. The van der Waals surface area contributed by atoms with Crippen LogP contribution in [0.3, 0.4) is 0 Å². The summed E-state index contributed by atoms with van der Waals surface area (Å²) in [6.07, 6.45) is 1.52. The third-order valence-corrected chi connectivity index (χ3v) is 5.28. The summed E-state index contributed by atoms with van der Waals surface area (Å²) >= 11 is 7.24. The fourth-order valence-electron chi connectivity index (χ4n) is 2.85. The number of hydrazone groups is 1. The number of esters is 1. The van der Waals surface area contributed by atoms with Crippen molar-refractivity contribution in [3.8, 4) is 11.5 Å². The van der Waals surface area contributed by atoms with Crippen LogP contribution in [0, 0.1) is 5.41 Å². The third-order valence-electron chi connectivity index (χ3n) is 4.27. The Morgan fingerprint density at radius 2 is 2.06 bits per heavy atom. The van der Waals surface area contributed by atoms with Gasteiger partial charge in [-0.3, -0.25) is 10.2 Å². The minimum atomic E-state index is -0.617. The lowest BCUT2D eigenvalue weighted by molar-refractivity contribution is -0.114. The van der Waals surface area contributed by atoms with Gasteiger partial charge in [0.05, 0.1) is 28.3 Å². The minimum Gasteiger partial charge on any atom is -0.490 e. The number of fused-ring (bicyclic) bond motifs is 1. The van der Waals surface area contributed by atoms with Crippen LogP contribution < -0.4 is 9.47 Å². The van der Waals surface area contributed by atoms with Crippen LogP contribution in [0.4, 0.5) is 0 Å². The van der Waals surface area contributed by atoms with Crippen molar-refractivity contribution in [1.29, 1.82) is 5.41 Å². The molecule has 2 aromatic carbocycles. The van der Waals surface area contributed by atoms with Gasteiger partial charge in [0.25, 0.3) is 5.91 Å². The number of carbonyl (C=O) groups is 2. The van der Waals surface area contributed by atoms with Crippen LogP contribution in [0.5, 0.6) is 11.5 Å². The summed E-state index contributed by atoms with van der Waals surface area (Å²) in [7, 11) is 0. The molecular weight excluding hydrogens is 440 g/mol. The molecule has 0 fully saturated rings. The Hall–Kier alpha value is -3.43. The first-order valence-electron chi connectivity index (χ1n) is 9.14. The van der Waals surface area contributed by atoms with Crippen LogP contribution in [0.1, 0.15) is 22.8 Å². The van der Waals surface area contributed by atoms with Crippen LogP contribution in [0.25, 0.3) is 6.08 Å². The van der Waals surface area contributed by atoms with E-state index in [1.165, 1.54) is 28.4 Å². The minimum absolute atomic E-state index is 0.0663. The Balaban J connectivity index is 1.63. The monoisotopic (exact) mass is 454 g/mol. The normalized spacial score (nSPS) is 16.4. The molecule has 2 aliphatic heterocycles. The molecule has 0 aliphatic carbocycles. The number of aliphatic imine (C=N–C) groups is 1. The molecule has 0 aromatic heterocycles. The van der Waals surface area contributed by atoms with Gasteiger partial charge in [0.2, 0.25) is 0 Å². The number of ether oxygens (including phenoxy) is 2. The highest BCUT2D eigenvalue weighted by Crippen LogP contribution is 2.32. The zero-order valence-corrected chi connectivity index (χ0v) is 17.7. The number of nitrogens with one attached hydrogen (secondary N) is 1. The van der Waals surface area contributed by atoms with Gasteiger partial charge in [-0.25, -0.2) is 4.79 Å². The Labute approximate surface area is 186 Å². The first-order valence-corrected chi connectivity index (χ1v) is 10.4. The summed E-state index contributed by atoms with van der Waals surface area (Å²) in [4.78, 5) is 28.8. The maximum atomic E-state index is 12.5. The number of benzene rings is 2. The average molecular weight is 455 g/mol. The van der Waals surface area contributed by atoms with E-state index in [2.05, 4.69) is 10.1 Å². The molecule has 2 heterocycles. The number of thioether (sulfide) groups is 1. The van der Waals surface area contributed by atoms with E-state index in [4.69, 9.17) is 26.5 Å². The fraction of sp³-hybridized carbons (Fsp3) is 0.0952. The van der Waals surface area contributed by atoms with Crippen molar-refractivity contribution < 1.29 is 19.1 Å². The number of amides is 1. The van der Waals surface area contributed by atoms with Gasteiger partial charge in [-0.15, -0.1) is 0 Å². The lowest BCUT2D eigenvalue weighted by Crippen LogP contribution is -2.35. The van der Waals surface area contributed by atoms with Crippen LogP contribution in [-0.2, 0) is 4.79 Å². The lowest BCUT2D eigenvalue weighted by Gasteiger charge is -2.20. The van der Waals surface area contributed by atoms with E-state index >= 15 is 0 Å². The maximum Gasteiger partial charge on any atom is 0.345 e. The average Bonchev–Trinajstić information content (AvgIpc) is 3.22. The highest BCUT2D eigenvalue weighted by molar-refractivity contribution is 8.25. The molecular formula is C21H15ClN4O4S. The van der Waals surface area contributed by atoms with Crippen LogP contribution in [-0.4, -0.2) is 40.0 Å². The van der Waals surface area contributed by atoms with E-state index < -0.39 is 11.9 Å². The summed E-state index contributed by atoms with van der Waals surface area (Å²) in [6, 6.07) is 11.4. The molecule has 0 spiro atoms. The number of halogens is 1. The molecule has 0 saturated heterocycles. The molecule has 2 aliphatic rings.